The van der Waals surface area contributed by atoms with Gasteiger partial charge in [0.1, 0.15) is 23.2 Å². The molecule has 204 valence electrons. The fourth-order valence-electron chi connectivity index (χ4n) is 6.78. The maximum absolute atomic E-state index is 14.5. The molecule has 6 atom stereocenters. The highest BCUT2D eigenvalue weighted by atomic mass is 16.6. The maximum Gasteiger partial charge on any atom is 0.313 e. The molecule has 0 aliphatic carbocycles. The van der Waals surface area contributed by atoms with Crippen molar-refractivity contribution in [1.29, 1.82) is 0 Å². The summed E-state index contributed by atoms with van der Waals surface area (Å²) in [6, 6.07) is 7.46. The van der Waals surface area contributed by atoms with Gasteiger partial charge in [0.05, 0.1) is 25.2 Å². The summed E-state index contributed by atoms with van der Waals surface area (Å²) in [6.07, 6.45) is 11.3. The number of hydrogen-bond donors (Lipinski definition) is 1. The van der Waals surface area contributed by atoms with E-state index in [9.17, 15) is 19.5 Å². The molecule has 1 spiro atoms. The lowest BCUT2D eigenvalue weighted by molar-refractivity contribution is -0.163. The van der Waals surface area contributed by atoms with E-state index in [1.807, 2.05) is 61.6 Å². The van der Waals surface area contributed by atoms with Gasteiger partial charge in [0.25, 0.3) is 0 Å². The molecule has 0 saturated carbocycles. The molecule has 1 aromatic rings. The molecule has 1 aromatic carbocycles. The van der Waals surface area contributed by atoms with Crippen molar-refractivity contribution in [2.75, 3.05) is 26.3 Å². The monoisotopic (exact) mass is 522 g/mol. The van der Waals surface area contributed by atoms with Gasteiger partial charge in [0, 0.05) is 13.1 Å². The summed E-state index contributed by atoms with van der Waals surface area (Å²) in [4.78, 5) is 45.8. The van der Waals surface area contributed by atoms with Crippen LogP contribution in [0.3, 0.4) is 0 Å². The predicted molar refractivity (Wildman–Crippen MR) is 141 cm³/mol. The third-order valence-electron chi connectivity index (χ3n) is 8.63. The number of likely N-dealkylation sites (tertiary alicyclic amines) is 1. The zero-order chi connectivity index (χ0) is 26.9. The third-order valence-corrected chi connectivity index (χ3v) is 8.63. The van der Waals surface area contributed by atoms with Crippen LogP contribution in [0.25, 0.3) is 0 Å². The highest BCUT2D eigenvalue weighted by Gasteiger charge is 2.76. The Hall–Kier alpha value is -2.97. The molecule has 38 heavy (non-hydrogen) atoms. The van der Waals surface area contributed by atoms with E-state index in [2.05, 4.69) is 6.92 Å². The molecule has 2 amide bonds. The summed E-state index contributed by atoms with van der Waals surface area (Å²) in [6.45, 7) is 4.86. The first kappa shape index (κ1) is 26.6. The number of benzene rings is 1. The Morgan fingerprint density at radius 3 is 2.55 bits per heavy atom. The molecule has 1 unspecified atom stereocenters. The number of aliphatic hydroxyl groups is 1. The molecule has 1 N–H and O–H groups in total. The molecule has 4 aliphatic rings. The Labute approximate surface area is 224 Å². The second kappa shape index (κ2) is 10.7. The largest absolute Gasteiger partial charge is 0.465 e. The average Bonchev–Trinajstić information content (AvgIpc) is 3.31. The number of allylic oxidation sites excluding steroid dienone is 1. The molecule has 0 aromatic heterocycles. The molecular weight excluding hydrogens is 484 g/mol. The molecule has 2 saturated heterocycles. The zero-order valence-electron chi connectivity index (χ0n) is 22.3. The lowest BCUT2D eigenvalue weighted by Crippen LogP contribution is -2.57. The van der Waals surface area contributed by atoms with E-state index in [0.717, 1.165) is 24.8 Å². The van der Waals surface area contributed by atoms with Crippen LogP contribution in [0.1, 0.15) is 57.6 Å². The second-order valence-corrected chi connectivity index (χ2v) is 10.7. The number of amides is 2. The van der Waals surface area contributed by atoms with Crippen LogP contribution >= 0.6 is 0 Å². The average molecular weight is 523 g/mol. The first-order chi connectivity index (χ1) is 18.4. The minimum absolute atomic E-state index is 0.219. The van der Waals surface area contributed by atoms with Crippen molar-refractivity contribution in [3.63, 3.8) is 0 Å². The standard InChI is InChI=1S/C30H38N2O6/c1-3-5-17-31-18-12-16-30-23(24-28(36)37-19-11-7-10-15-29(24,4-2)38-30)26(34)32(25(30)27(31)35)22(20-33)21-13-8-6-9-14-21/h6,8-10,12-16,22-25,33H,3-5,7,11,17-20H2,1-2H3/b15-10-/t22-,23+,24-,25?,29+,30+/m1/s1. The van der Waals surface area contributed by atoms with Crippen molar-refractivity contribution in [3.05, 3.63) is 60.2 Å². The summed E-state index contributed by atoms with van der Waals surface area (Å²) >= 11 is 0. The normalized spacial score (nSPS) is 34.4. The van der Waals surface area contributed by atoms with Gasteiger partial charge in [-0.3, -0.25) is 14.4 Å². The van der Waals surface area contributed by atoms with Gasteiger partial charge in [-0.1, -0.05) is 74.9 Å². The van der Waals surface area contributed by atoms with Gasteiger partial charge in [-0.25, -0.2) is 0 Å². The summed E-state index contributed by atoms with van der Waals surface area (Å²) in [5, 5.41) is 10.6. The number of nitrogens with zero attached hydrogens (tertiary/aromatic N) is 2. The van der Waals surface area contributed by atoms with Gasteiger partial charge in [-0.15, -0.1) is 0 Å². The summed E-state index contributed by atoms with van der Waals surface area (Å²) in [5.74, 6) is -2.91. The van der Waals surface area contributed by atoms with E-state index in [4.69, 9.17) is 9.47 Å². The Bertz CT molecular complexity index is 1120. The van der Waals surface area contributed by atoms with Gasteiger partial charge in [-0.2, -0.15) is 0 Å². The number of ether oxygens (including phenoxy) is 2. The molecule has 8 nitrogen and oxygen atoms in total. The Morgan fingerprint density at radius 1 is 1.05 bits per heavy atom. The number of hydrogen-bond acceptors (Lipinski definition) is 6. The summed E-state index contributed by atoms with van der Waals surface area (Å²) in [5.41, 5.74) is -1.71. The van der Waals surface area contributed by atoms with Gasteiger partial charge in [0.2, 0.25) is 11.8 Å². The van der Waals surface area contributed by atoms with Crippen LogP contribution in [0.5, 0.6) is 0 Å². The lowest BCUT2D eigenvalue weighted by atomic mass is 9.73. The van der Waals surface area contributed by atoms with Crippen LogP contribution in [0, 0.1) is 11.8 Å². The number of unbranched alkanes of at least 4 members (excludes halogenated alkanes) is 1. The van der Waals surface area contributed by atoms with E-state index < -0.39 is 41.1 Å². The minimum Gasteiger partial charge on any atom is -0.465 e. The lowest BCUT2D eigenvalue weighted by Gasteiger charge is -2.41. The molecule has 5 rings (SSSR count). The molecule has 2 fully saturated rings. The van der Waals surface area contributed by atoms with Crippen molar-refractivity contribution >= 4 is 17.8 Å². The van der Waals surface area contributed by atoms with Crippen LogP contribution < -0.4 is 0 Å². The van der Waals surface area contributed by atoms with Gasteiger partial charge in [-0.05, 0) is 31.2 Å². The minimum atomic E-state index is -1.36. The molecule has 4 heterocycles. The quantitative estimate of drug-likeness (QED) is 0.437. The fraction of sp³-hybridized carbons (Fsp3) is 0.567. The molecule has 8 heteroatoms. The van der Waals surface area contributed by atoms with Gasteiger partial charge < -0.3 is 24.4 Å². The van der Waals surface area contributed by atoms with Gasteiger partial charge >= 0.3 is 5.97 Å². The van der Waals surface area contributed by atoms with E-state index in [-0.39, 0.29) is 25.0 Å². The Kier molecular flexibility index (Phi) is 7.47. The molecule has 0 radical (unpaired) electrons. The highest BCUT2D eigenvalue weighted by Crippen LogP contribution is 2.59. The zero-order valence-corrected chi connectivity index (χ0v) is 22.3. The van der Waals surface area contributed by atoms with E-state index in [0.29, 0.717) is 25.9 Å². The highest BCUT2D eigenvalue weighted by molar-refractivity contribution is 5.99. The predicted octanol–water partition coefficient (Wildman–Crippen LogP) is 3.17. The van der Waals surface area contributed by atoms with E-state index in [1.54, 1.807) is 4.90 Å². The van der Waals surface area contributed by atoms with E-state index >= 15 is 0 Å². The molecule has 0 bridgehead atoms. The number of carbonyl (C=O) groups is 3. The van der Waals surface area contributed by atoms with Crippen molar-refractivity contribution in [2.24, 2.45) is 11.8 Å². The van der Waals surface area contributed by atoms with Crippen LogP contribution in [-0.2, 0) is 23.9 Å². The first-order valence-corrected chi connectivity index (χ1v) is 13.9. The first-order valence-electron chi connectivity index (χ1n) is 13.9. The number of fused-ring (bicyclic) bond motifs is 2. The van der Waals surface area contributed by atoms with Crippen molar-refractivity contribution in [3.8, 4) is 0 Å². The van der Waals surface area contributed by atoms with Crippen LogP contribution in [0.4, 0.5) is 0 Å². The third kappa shape index (κ3) is 4.09. The van der Waals surface area contributed by atoms with E-state index in [1.165, 1.54) is 4.90 Å². The van der Waals surface area contributed by atoms with Crippen molar-refractivity contribution in [1.82, 2.24) is 9.80 Å². The SMILES string of the molecule is CCCCN1CC=C[C@]23O[C@@]4(CC)/C=C\CCCOC(=O)[C@H]4[C@H]2C(=O)N([C@H](CO)c2ccccc2)C3C1=O. The van der Waals surface area contributed by atoms with Crippen LogP contribution in [0.2, 0.25) is 0 Å². The smallest absolute Gasteiger partial charge is 0.313 e. The topological polar surface area (TPSA) is 96.4 Å². The molecule has 4 aliphatic heterocycles. The summed E-state index contributed by atoms with van der Waals surface area (Å²) in [7, 11) is 0. The van der Waals surface area contributed by atoms with Gasteiger partial charge in [0.15, 0.2) is 0 Å². The number of esters is 1. The summed E-state index contributed by atoms with van der Waals surface area (Å²) < 4.78 is 12.6. The van der Waals surface area contributed by atoms with Crippen molar-refractivity contribution < 1.29 is 29.0 Å². The second-order valence-electron chi connectivity index (χ2n) is 10.7. The number of aliphatic hydroxyl groups excluding tert-OH is 1. The van der Waals surface area contributed by atoms with Crippen molar-refractivity contribution in [2.45, 2.75) is 69.2 Å². The number of cyclic esters (lactones) is 1. The molecular formula is C30H38N2O6. The maximum atomic E-state index is 14.5. The number of rotatable bonds is 7. The fourth-order valence-corrected chi connectivity index (χ4v) is 6.78. The van der Waals surface area contributed by atoms with Crippen LogP contribution in [-0.4, -0.2) is 76.2 Å². The Morgan fingerprint density at radius 2 is 1.84 bits per heavy atom. The Balaban J connectivity index is 1.69. The number of carbonyl (C=O) groups excluding carboxylic acids is 3. The van der Waals surface area contributed by atoms with Crippen LogP contribution in [0.15, 0.2) is 54.6 Å².